The molecule has 0 N–H and O–H groups in total. The van der Waals surface area contributed by atoms with Gasteiger partial charge in [-0.3, -0.25) is 0 Å². The van der Waals surface area contributed by atoms with Crippen molar-refractivity contribution in [3.8, 4) is 11.1 Å². The van der Waals surface area contributed by atoms with Crippen molar-refractivity contribution < 1.29 is 0 Å². The number of hydrogen-bond acceptors (Lipinski definition) is 2. The normalized spacial score (nSPS) is 13.2. The summed E-state index contributed by atoms with van der Waals surface area (Å²) in [7, 11) is 0. The molecule has 2 nitrogen and oxygen atoms in total. The molecule has 0 saturated carbocycles. The molecule has 0 heterocycles. The van der Waals surface area contributed by atoms with Crippen LogP contribution in [-0.2, 0) is 0 Å². The fraction of sp³-hybridized carbons (Fsp3) is 0.0833. The minimum Gasteiger partial charge on any atom is -0.334 e. The highest BCUT2D eigenvalue weighted by atomic mass is 15.2. The quantitative estimate of drug-likeness (QED) is 0.106. The first-order chi connectivity index (χ1) is 36.6. The molecule has 1 aliphatic carbocycles. The van der Waals surface area contributed by atoms with Gasteiger partial charge >= 0.3 is 0 Å². The molecule has 1 aliphatic rings. The number of anilines is 5. The Kier molecular flexibility index (Phi) is 12.9. The topological polar surface area (TPSA) is 6.48 Å². The van der Waals surface area contributed by atoms with E-state index >= 15 is 0 Å². The van der Waals surface area contributed by atoms with Gasteiger partial charge in [0, 0.05) is 45.4 Å². The third-order valence-electron chi connectivity index (χ3n) is 15.0. The second kappa shape index (κ2) is 20.6. The summed E-state index contributed by atoms with van der Waals surface area (Å²) in [5.41, 5.74) is 18.4. The zero-order valence-corrected chi connectivity index (χ0v) is 42.0. The van der Waals surface area contributed by atoms with Crippen molar-refractivity contribution in [1.82, 2.24) is 0 Å². The Labute approximate surface area is 436 Å². The lowest BCUT2D eigenvalue weighted by molar-refractivity contribution is 0.786. The van der Waals surface area contributed by atoms with Crippen molar-refractivity contribution >= 4 is 50.0 Å². The van der Waals surface area contributed by atoms with Gasteiger partial charge in [-0.1, -0.05) is 237 Å². The summed E-state index contributed by atoms with van der Waals surface area (Å²) in [6.07, 6.45) is 9.95. The molecule has 2 heteroatoms. The van der Waals surface area contributed by atoms with E-state index in [0.717, 1.165) is 23.5 Å². The largest absolute Gasteiger partial charge is 0.334 e. The summed E-state index contributed by atoms with van der Waals surface area (Å²) >= 11 is 0. The van der Waals surface area contributed by atoms with Crippen LogP contribution in [0.25, 0.3) is 32.7 Å². The molecular formula is C72H58N2. The first-order valence-electron chi connectivity index (χ1n) is 26.0. The van der Waals surface area contributed by atoms with Gasteiger partial charge in [-0.2, -0.15) is 0 Å². The highest BCUT2D eigenvalue weighted by Gasteiger charge is 2.27. The van der Waals surface area contributed by atoms with Crippen molar-refractivity contribution in [2.45, 2.75) is 38.1 Å². The van der Waals surface area contributed by atoms with E-state index in [0.29, 0.717) is 0 Å². The summed E-state index contributed by atoms with van der Waals surface area (Å²) in [5, 5.41) is 4.91. The summed E-state index contributed by atoms with van der Waals surface area (Å²) in [6, 6.07) is 96.0. The number of benzene rings is 11. The molecule has 1 atom stereocenters. The lowest BCUT2D eigenvalue weighted by atomic mass is 9.85. The molecule has 11 aromatic rings. The third kappa shape index (κ3) is 8.90. The first-order valence-corrected chi connectivity index (χ1v) is 26.0. The number of allylic oxidation sites excluding steroid dienone is 2. The molecule has 0 aromatic heterocycles. The molecule has 11 aromatic carbocycles. The maximum Gasteiger partial charge on any atom is 0.0560 e. The zero-order chi connectivity index (χ0) is 49.8. The third-order valence-corrected chi connectivity index (χ3v) is 15.0. The number of rotatable bonds is 13. The fourth-order valence-corrected chi connectivity index (χ4v) is 11.7. The second-order valence-electron chi connectivity index (χ2n) is 19.6. The Hall–Kier alpha value is -8.98. The number of aryl methyl sites for hydroxylation is 2. The van der Waals surface area contributed by atoms with Crippen LogP contribution in [-0.4, -0.2) is 6.04 Å². The Morgan fingerprint density at radius 1 is 0.338 bits per heavy atom. The van der Waals surface area contributed by atoms with Gasteiger partial charge in [-0.15, -0.1) is 0 Å². The van der Waals surface area contributed by atoms with Gasteiger partial charge in [-0.25, -0.2) is 0 Å². The maximum absolute atomic E-state index is 2.57. The number of fused-ring (bicyclic) bond motifs is 2. The minimum absolute atomic E-state index is 0.115. The standard InChI is InChI=1S/C72H58N2/c1-51-49-67(73(59-33-17-7-18-34-59)61-45-41-57(42-46-61)71(53-25-9-3-10-26-53)54-27-11-4-12-28-54)63-37-21-23-39-65(63)69(51)70-52(2)50-68(64-38-22-24-40-66(64)70)74(60-35-19-8-20-36-60)62-47-43-58(44-48-62)72(55-29-13-5-14-30-55)56-31-15-6-16-32-56/h3-35,37-50,60,71-72H,36H2,1-2H3. The molecule has 0 saturated heterocycles. The van der Waals surface area contributed by atoms with Crippen molar-refractivity contribution in [2.75, 3.05) is 9.80 Å². The van der Waals surface area contributed by atoms with Crippen LogP contribution >= 0.6 is 0 Å². The summed E-state index contributed by atoms with van der Waals surface area (Å²) < 4.78 is 0. The second-order valence-corrected chi connectivity index (χ2v) is 19.6. The van der Waals surface area contributed by atoms with E-state index in [1.54, 1.807) is 0 Å². The maximum atomic E-state index is 2.57. The van der Waals surface area contributed by atoms with Gasteiger partial charge in [-0.05, 0) is 135 Å². The predicted octanol–water partition coefficient (Wildman–Crippen LogP) is 19.1. The van der Waals surface area contributed by atoms with Gasteiger partial charge in [0.05, 0.1) is 11.7 Å². The molecule has 0 fully saturated rings. The predicted molar refractivity (Wildman–Crippen MR) is 314 cm³/mol. The van der Waals surface area contributed by atoms with E-state index in [-0.39, 0.29) is 17.9 Å². The van der Waals surface area contributed by atoms with Crippen molar-refractivity contribution in [1.29, 1.82) is 0 Å². The summed E-state index contributed by atoms with van der Waals surface area (Å²) in [4.78, 5) is 5.01. The van der Waals surface area contributed by atoms with Gasteiger partial charge in [0.15, 0.2) is 0 Å². The number of nitrogens with zero attached hydrogens (tertiary/aromatic N) is 2. The van der Waals surface area contributed by atoms with Gasteiger partial charge in [0.1, 0.15) is 0 Å². The molecule has 0 amide bonds. The molecule has 0 radical (unpaired) electrons. The van der Waals surface area contributed by atoms with Crippen molar-refractivity contribution in [3.05, 3.63) is 330 Å². The van der Waals surface area contributed by atoms with Crippen LogP contribution in [0.3, 0.4) is 0 Å². The van der Waals surface area contributed by atoms with Crippen LogP contribution in [0.15, 0.2) is 285 Å². The van der Waals surface area contributed by atoms with Gasteiger partial charge in [0.25, 0.3) is 0 Å². The molecule has 1 unspecified atom stereocenters. The average Bonchev–Trinajstić information content (AvgIpc) is 3.46. The smallest absolute Gasteiger partial charge is 0.0560 e. The Morgan fingerprint density at radius 3 is 1.12 bits per heavy atom. The molecule has 0 spiro atoms. The molecule has 0 aliphatic heterocycles. The van der Waals surface area contributed by atoms with Gasteiger partial charge < -0.3 is 9.80 Å². The average molecular weight is 951 g/mol. The van der Waals surface area contributed by atoms with Crippen LogP contribution in [0.5, 0.6) is 0 Å². The molecule has 12 rings (SSSR count). The van der Waals surface area contributed by atoms with E-state index in [1.807, 2.05) is 0 Å². The molecule has 356 valence electrons. The lowest BCUT2D eigenvalue weighted by Gasteiger charge is -2.35. The Balaban J connectivity index is 0.975. The molecule has 74 heavy (non-hydrogen) atoms. The van der Waals surface area contributed by atoms with Crippen LogP contribution in [0.1, 0.15) is 62.8 Å². The van der Waals surface area contributed by atoms with E-state index in [1.165, 1.54) is 88.6 Å². The van der Waals surface area contributed by atoms with E-state index in [9.17, 15) is 0 Å². The van der Waals surface area contributed by atoms with E-state index < -0.39 is 0 Å². The first kappa shape index (κ1) is 46.1. The van der Waals surface area contributed by atoms with Crippen molar-refractivity contribution in [3.63, 3.8) is 0 Å². The molecular weight excluding hydrogens is 893 g/mol. The van der Waals surface area contributed by atoms with Gasteiger partial charge in [0.2, 0.25) is 0 Å². The van der Waals surface area contributed by atoms with E-state index in [2.05, 4.69) is 309 Å². The monoisotopic (exact) mass is 950 g/mol. The van der Waals surface area contributed by atoms with Crippen LogP contribution in [0.4, 0.5) is 28.4 Å². The van der Waals surface area contributed by atoms with Crippen molar-refractivity contribution in [2.24, 2.45) is 0 Å². The number of hydrogen-bond donors (Lipinski definition) is 0. The summed E-state index contributed by atoms with van der Waals surface area (Å²) in [6.45, 7) is 4.61. The van der Waals surface area contributed by atoms with E-state index in [4.69, 9.17) is 0 Å². The SMILES string of the molecule is Cc1cc(N(c2ccccc2)c2ccc(C(c3ccccc3)c3ccccc3)cc2)c2ccccc2c1-c1c(C)cc(N(c2ccc(C(c3ccccc3)c3ccccc3)cc2)C2C=CC=CC2)c2ccccc12. The highest BCUT2D eigenvalue weighted by molar-refractivity contribution is 6.14. The highest BCUT2D eigenvalue weighted by Crippen LogP contribution is 2.49. The van der Waals surface area contributed by atoms with Crippen LogP contribution in [0, 0.1) is 13.8 Å². The Bertz CT molecular complexity index is 3670. The Morgan fingerprint density at radius 2 is 0.689 bits per heavy atom. The number of para-hydroxylation sites is 1. The van der Waals surface area contributed by atoms with Crippen LogP contribution < -0.4 is 9.80 Å². The molecule has 0 bridgehead atoms. The van der Waals surface area contributed by atoms with Crippen LogP contribution in [0.2, 0.25) is 0 Å². The lowest BCUT2D eigenvalue weighted by Crippen LogP contribution is -2.30. The minimum atomic E-state index is 0.115. The fourth-order valence-electron chi connectivity index (χ4n) is 11.7. The summed E-state index contributed by atoms with van der Waals surface area (Å²) in [5.74, 6) is 0.242. The zero-order valence-electron chi connectivity index (χ0n) is 42.0.